The van der Waals surface area contributed by atoms with Crippen molar-refractivity contribution in [2.45, 2.75) is 31.1 Å². The number of hydrogen-bond acceptors (Lipinski definition) is 2. The number of phenols is 1. The molecule has 0 bridgehead atoms. The number of aromatic hydroxyl groups is 1. The summed E-state index contributed by atoms with van der Waals surface area (Å²) in [5.74, 6) is 0.319. The lowest BCUT2D eigenvalue weighted by Crippen LogP contribution is -2.40. The van der Waals surface area contributed by atoms with Crippen molar-refractivity contribution in [2.24, 2.45) is 5.73 Å². The molecule has 104 valence electrons. The van der Waals surface area contributed by atoms with Crippen LogP contribution in [0, 0.1) is 0 Å². The summed E-state index contributed by atoms with van der Waals surface area (Å²) in [6, 6.07) is 16.2. The Morgan fingerprint density at radius 3 is 2.55 bits per heavy atom. The first-order valence-corrected chi connectivity index (χ1v) is 7.30. The molecule has 1 atom stereocenters. The van der Waals surface area contributed by atoms with Crippen molar-refractivity contribution in [3.63, 3.8) is 0 Å². The van der Waals surface area contributed by atoms with Crippen molar-refractivity contribution in [1.82, 2.24) is 0 Å². The van der Waals surface area contributed by atoms with Crippen LogP contribution in [0.2, 0.25) is 0 Å². The quantitative estimate of drug-likeness (QED) is 0.897. The maximum atomic E-state index is 9.42. The summed E-state index contributed by atoms with van der Waals surface area (Å²) in [5.41, 5.74) is 10.3. The third kappa shape index (κ3) is 2.32. The third-order valence-corrected chi connectivity index (χ3v) is 4.56. The summed E-state index contributed by atoms with van der Waals surface area (Å²) < 4.78 is 0. The van der Waals surface area contributed by atoms with Gasteiger partial charge < -0.3 is 10.8 Å². The molecule has 0 spiro atoms. The van der Waals surface area contributed by atoms with Gasteiger partial charge in [-0.2, -0.15) is 0 Å². The van der Waals surface area contributed by atoms with E-state index >= 15 is 0 Å². The van der Waals surface area contributed by atoms with Gasteiger partial charge in [0.15, 0.2) is 0 Å². The first-order chi connectivity index (χ1) is 9.73. The van der Waals surface area contributed by atoms with Crippen LogP contribution < -0.4 is 5.73 Å². The van der Waals surface area contributed by atoms with Crippen LogP contribution in [0.1, 0.15) is 29.5 Å². The van der Waals surface area contributed by atoms with Crippen LogP contribution in [0.4, 0.5) is 0 Å². The van der Waals surface area contributed by atoms with Gasteiger partial charge in [0.1, 0.15) is 5.75 Å². The molecule has 1 aliphatic carbocycles. The van der Waals surface area contributed by atoms with E-state index in [2.05, 4.69) is 24.3 Å². The van der Waals surface area contributed by atoms with Crippen LogP contribution in [0.5, 0.6) is 5.75 Å². The zero-order valence-electron chi connectivity index (χ0n) is 11.7. The average molecular weight is 267 g/mol. The maximum absolute atomic E-state index is 9.42. The van der Waals surface area contributed by atoms with Gasteiger partial charge in [-0.25, -0.2) is 0 Å². The zero-order chi connectivity index (χ0) is 14.0. The molecule has 2 heteroatoms. The molecule has 3 N–H and O–H groups in total. The smallest absolute Gasteiger partial charge is 0.115 e. The summed E-state index contributed by atoms with van der Waals surface area (Å²) in [4.78, 5) is 0. The second kappa shape index (κ2) is 5.29. The average Bonchev–Trinajstić information content (AvgIpc) is 2.50. The van der Waals surface area contributed by atoms with Gasteiger partial charge >= 0.3 is 0 Å². The lowest BCUT2D eigenvalue weighted by atomic mass is 9.67. The van der Waals surface area contributed by atoms with Gasteiger partial charge in [0.2, 0.25) is 0 Å². The Kier molecular flexibility index (Phi) is 3.49. The second-order valence-electron chi connectivity index (χ2n) is 5.84. The highest BCUT2D eigenvalue weighted by Gasteiger charge is 2.35. The highest BCUT2D eigenvalue weighted by atomic mass is 16.3. The first kappa shape index (κ1) is 13.2. The van der Waals surface area contributed by atoms with E-state index in [1.54, 1.807) is 12.1 Å². The predicted octanol–water partition coefficient (Wildman–Crippen LogP) is 3.17. The molecular formula is C18H21NO. The van der Waals surface area contributed by atoms with Gasteiger partial charge in [-0.05, 0) is 54.5 Å². The molecule has 3 rings (SSSR count). The van der Waals surface area contributed by atoms with Crippen molar-refractivity contribution in [3.8, 4) is 5.75 Å². The SMILES string of the molecule is NCC1(Cc2ccc(O)cc2)CCCc2ccccc21. The molecule has 0 aromatic heterocycles. The normalized spacial score (nSPS) is 21.4. The number of benzene rings is 2. The Morgan fingerprint density at radius 2 is 1.80 bits per heavy atom. The minimum atomic E-state index is 0.0474. The van der Waals surface area contributed by atoms with E-state index in [0.29, 0.717) is 12.3 Å². The van der Waals surface area contributed by atoms with Gasteiger partial charge in [0, 0.05) is 12.0 Å². The van der Waals surface area contributed by atoms with E-state index < -0.39 is 0 Å². The molecule has 0 aliphatic heterocycles. The van der Waals surface area contributed by atoms with E-state index in [9.17, 15) is 5.11 Å². The Hall–Kier alpha value is -1.80. The number of nitrogens with two attached hydrogens (primary N) is 1. The Labute approximate surface area is 120 Å². The monoisotopic (exact) mass is 267 g/mol. The van der Waals surface area contributed by atoms with Crippen LogP contribution in [-0.4, -0.2) is 11.7 Å². The second-order valence-corrected chi connectivity index (χ2v) is 5.84. The molecule has 1 aliphatic rings. The predicted molar refractivity (Wildman–Crippen MR) is 81.9 cm³/mol. The topological polar surface area (TPSA) is 46.2 Å². The minimum absolute atomic E-state index is 0.0474. The largest absolute Gasteiger partial charge is 0.508 e. The van der Waals surface area contributed by atoms with E-state index in [1.807, 2.05) is 12.1 Å². The van der Waals surface area contributed by atoms with Gasteiger partial charge in [0.25, 0.3) is 0 Å². The van der Waals surface area contributed by atoms with Crippen LogP contribution in [0.25, 0.3) is 0 Å². The summed E-state index contributed by atoms with van der Waals surface area (Å²) in [6.45, 7) is 0.672. The highest BCUT2D eigenvalue weighted by molar-refractivity contribution is 5.39. The lowest BCUT2D eigenvalue weighted by molar-refractivity contribution is 0.365. The maximum Gasteiger partial charge on any atom is 0.115 e. The lowest BCUT2D eigenvalue weighted by Gasteiger charge is -2.38. The summed E-state index contributed by atoms with van der Waals surface area (Å²) in [5, 5.41) is 9.42. The standard InChI is InChI=1S/C18H21NO/c19-13-18(12-14-7-9-16(20)10-8-14)11-3-5-15-4-1-2-6-17(15)18/h1-2,4,6-10,20H,3,5,11-13,19H2. The van der Waals surface area contributed by atoms with Crippen molar-refractivity contribution >= 4 is 0 Å². The Balaban J connectivity index is 1.98. The number of hydrogen-bond donors (Lipinski definition) is 2. The molecule has 2 aromatic carbocycles. The molecule has 0 radical (unpaired) electrons. The number of phenolic OH excluding ortho intramolecular Hbond substituents is 1. The first-order valence-electron chi connectivity index (χ1n) is 7.30. The highest BCUT2D eigenvalue weighted by Crippen LogP contribution is 2.39. The molecular weight excluding hydrogens is 246 g/mol. The van der Waals surface area contributed by atoms with Gasteiger partial charge in [-0.3, -0.25) is 0 Å². The van der Waals surface area contributed by atoms with Gasteiger partial charge in [0.05, 0.1) is 0 Å². The van der Waals surface area contributed by atoms with Crippen LogP contribution in [0.15, 0.2) is 48.5 Å². The van der Waals surface area contributed by atoms with Crippen LogP contribution in [0.3, 0.4) is 0 Å². The van der Waals surface area contributed by atoms with E-state index in [-0.39, 0.29) is 5.41 Å². The molecule has 20 heavy (non-hydrogen) atoms. The Bertz CT molecular complexity index is 591. The number of rotatable bonds is 3. The molecule has 1 unspecified atom stereocenters. The number of aryl methyl sites for hydroxylation is 1. The third-order valence-electron chi connectivity index (χ3n) is 4.56. The van der Waals surface area contributed by atoms with Crippen molar-refractivity contribution < 1.29 is 5.11 Å². The number of fused-ring (bicyclic) bond motifs is 1. The summed E-state index contributed by atoms with van der Waals surface area (Å²) in [7, 11) is 0. The molecule has 0 saturated heterocycles. The molecule has 2 nitrogen and oxygen atoms in total. The van der Waals surface area contributed by atoms with Crippen molar-refractivity contribution in [1.29, 1.82) is 0 Å². The van der Waals surface area contributed by atoms with Gasteiger partial charge in [-0.1, -0.05) is 36.4 Å². The molecule has 0 amide bonds. The molecule has 0 fully saturated rings. The molecule has 0 saturated carbocycles. The minimum Gasteiger partial charge on any atom is -0.508 e. The summed E-state index contributed by atoms with van der Waals surface area (Å²) >= 11 is 0. The summed E-state index contributed by atoms with van der Waals surface area (Å²) in [6.07, 6.45) is 4.45. The van der Waals surface area contributed by atoms with Crippen LogP contribution >= 0.6 is 0 Å². The van der Waals surface area contributed by atoms with Crippen molar-refractivity contribution in [3.05, 3.63) is 65.2 Å². The van der Waals surface area contributed by atoms with E-state index in [4.69, 9.17) is 5.73 Å². The zero-order valence-corrected chi connectivity index (χ0v) is 11.7. The fourth-order valence-corrected chi connectivity index (χ4v) is 3.48. The van der Waals surface area contributed by atoms with E-state index in [0.717, 1.165) is 19.3 Å². The van der Waals surface area contributed by atoms with Crippen LogP contribution in [-0.2, 0) is 18.3 Å². The molecule has 0 heterocycles. The Morgan fingerprint density at radius 1 is 1.05 bits per heavy atom. The fraction of sp³-hybridized carbons (Fsp3) is 0.333. The van der Waals surface area contributed by atoms with Crippen molar-refractivity contribution in [2.75, 3.05) is 6.54 Å². The molecule has 2 aromatic rings. The van der Waals surface area contributed by atoms with Gasteiger partial charge in [-0.15, -0.1) is 0 Å². The van der Waals surface area contributed by atoms with E-state index in [1.165, 1.54) is 23.1 Å². The fourth-order valence-electron chi connectivity index (χ4n) is 3.48.